The van der Waals surface area contributed by atoms with Crippen LogP contribution in [-0.4, -0.2) is 67.4 Å². The molecule has 34 heavy (non-hydrogen) atoms. The zero-order valence-corrected chi connectivity index (χ0v) is 20.3. The number of benzene rings is 2. The van der Waals surface area contributed by atoms with Crippen LogP contribution < -0.4 is 14.5 Å². The van der Waals surface area contributed by atoms with Crippen molar-refractivity contribution in [1.29, 1.82) is 0 Å². The number of fused-ring (bicyclic) bond motifs is 1. The number of rotatable bonds is 7. The van der Waals surface area contributed by atoms with Crippen LogP contribution in [0.3, 0.4) is 0 Å². The van der Waals surface area contributed by atoms with E-state index in [2.05, 4.69) is 41.0 Å². The van der Waals surface area contributed by atoms with E-state index in [4.69, 9.17) is 4.74 Å². The lowest BCUT2D eigenvalue weighted by Gasteiger charge is -2.34. The number of amides is 1. The van der Waals surface area contributed by atoms with E-state index in [-0.39, 0.29) is 12.0 Å². The van der Waals surface area contributed by atoms with Gasteiger partial charge in [-0.25, -0.2) is 0 Å². The Morgan fingerprint density at radius 2 is 1.74 bits per heavy atom. The average molecular weight is 464 g/mol. The van der Waals surface area contributed by atoms with Crippen molar-refractivity contribution in [1.82, 2.24) is 4.90 Å². The molecule has 0 saturated carbocycles. The van der Waals surface area contributed by atoms with Crippen LogP contribution in [0.4, 0.5) is 11.4 Å². The largest absolute Gasteiger partial charge is 0.494 e. The van der Waals surface area contributed by atoms with Crippen molar-refractivity contribution < 1.29 is 14.6 Å². The van der Waals surface area contributed by atoms with Gasteiger partial charge in [0.05, 0.1) is 12.7 Å². The predicted molar refractivity (Wildman–Crippen MR) is 136 cm³/mol. The van der Waals surface area contributed by atoms with Crippen LogP contribution >= 0.6 is 0 Å². The van der Waals surface area contributed by atoms with Crippen molar-refractivity contribution in [3.05, 3.63) is 53.6 Å². The van der Waals surface area contributed by atoms with E-state index in [1.807, 2.05) is 23.1 Å². The van der Waals surface area contributed by atoms with Crippen LogP contribution in [0, 0.1) is 0 Å². The highest BCUT2D eigenvalue weighted by atomic mass is 16.5. The molecule has 2 aromatic carbocycles. The molecule has 3 heterocycles. The molecule has 182 valence electrons. The number of carbonyl (C=O) groups excluding carboxylic acids is 1. The number of carbonyl (C=O) groups is 1. The minimum atomic E-state index is -0.119. The number of nitrogens with zero attached hydrogens (tertiary/aromatic N) is 3. The number of aliphatic hydroxyl groups is 1. The summed E-state index contributed by atoms with van der Waals surface area (Å²) in [5, 5.41) is 9.79. The molecule has 3 aliphatic rings. The summed E-state index contributed by atoms with van der Waals surface area (Å²) < 4.78 is 5.83. The highest BCUT2D eigenvalue weighted by molar-refractivity contribution is 6.08. The highest BCUT2D eigenvalue weighted by Crippen LogP contribution is 2.30. The summed E-state index contributed by atoms with van der Waals surface area (Å²) in [6, 6.07) is 14.9. The van der Waals surface area contributed by atoms with Crippen molar-refractivity contribution >= 4 is 17.3 Å². The first-order chi connectivity index (χ1) is 16.6. The molecule has 6 nitrogen and oxygen atoms in total. The van der Waals surface area contributed by atoms with Gasteiger partial charge in [-0.2, -0.15) is 0 Å². The van der Waals surface area contributed by atoms with Crippen molar-refractivity contribution in [3.63, 3.8) is 0 Å². The molecule has 2 aromatic rings. The lowest BCUT2D eigenvalue weighted by Crippen LogP contribution is -2.44. The van der Waals surface area contributed by atoms with Gasteiger partial charge in [-0.3, -0.25) is 9.69 Å². The molecule has 3 aliphatic heterocycles. The number of anilines is 2. The van der Waals surface area contributed by atoms with Gasteiger partial charge in [-0.1, -0.05) is 13.3 Å². The third-order valence-corrected chi connectivity index (χ3v) is 7.63. The Kier molecular flexibility index (Phi) is 7.07. The lowest BCUT2D eigenvalue weighted by molar-refractivity contribution is 0.0653. The number of ether oxygens (including phenoxy) is 1. The number of hydrogen-bond donors (Lipinski definition) is 1. The molecule has 0 aliphatic carbocycles. The van der Waals surface area contributed by atoms with Gasteiger partial charge in [0.25, 0.3) is 5.91 Å². The van der Waals surface area contributed by atoms with Crippen molar-refractivity contribution in [2.24, 2.45) is 0 Å². The zero-order valence-electron chi connectivity index (χ0n) is 20.3. The second kappa shape index (κ2) is 10.4. The Labute approximate surface area is 203 Å². The molecule has 0 radical (unpaired) electrons. The Hall–Kier alpha value is -2.57. The molecule has 2 fully saturated rings. The van der Waals surface area contributed by atoms with E-state index in [1.165, 1.54) is 12.1 Å². The molecule has 1 unspecified atom stereocenters. The highest BCUT2D eigenvalue weighted by Gasteiger charge is 2.31. The molecular formula is C28H37N3O3. The van der Waals surface area contributed by atoms with E-state index in [0.29, 0.717) is 12.6 Å². The van der Waals surface area contributed by atoms with Gasteiger partial charge < -0.3 is 19.6 Å². The molecular weight excluding hydrogens is 426 g/mol. The first-order valence-electron chi connectivity index (χ1n) is 13.0. The fourth-order valence-electron chi connectivity index (χ4n) is 5.50. The number of aliphatic hydroxyl groups excluding tert-OH is 1. The summed E-state index contributed by atoms with van der Waals surface area (Å²) in [4.78, 5) is 20.1. The third-order valence-electron chi connectivity index (χ3n) is 7.63. The van der Waals surface area contributed by atoms with Gasteiger partial charge in [-0.05, 0) is 80.1 Å². The maximum atomic E-state index is 13.2. The minimum Gasteiger partial charge on any atom is -0.494 e. The van der Waals surface area contributed by atoms with Crippen LogP contribution in [0.2, 0.25) is 0 Å². The number of unbranched alkanes of at least 4 members (excludes halogenated alkanes) is 1. The average Bonchev–Trinajstić information content (AvgIpc) is 3.35. The number of piperidine rings is 1. The normalized spacial score (nSPS) is 21.7. The van der Waals surface area contributed by atoms with Gasteiger partial charge in [0.2, 0.25) is 0 Å². The molecule has 1 atom stereocenters. The van der Waals surface area contributed by atoms with E-state index < -0.39 is 0 Å². The monoisotopic (exact) mass is 463 g/mol. The smallest absolute Gasteiger partial charge is 0.258 e. The van der Waals surface area contributed by atoms with Crippen molar-refractivity contribution in [2.75, 3.05) is 49.1 Å². The van der Waals surface area contributed by atoms with Crippen LogP contribution in [0.15, 0.2) is 42.5 Å². The first-order valence-corrected chi connectivity index (χ1v) is 13.0. The second-order valence-corrected chi connectivity index (χ2v) is 9.90. The first kappa shape index (κ1) is 23.2. The van der Waals surface area contributed by atoms with Crippen LogP contribution in [-0.2, 0) is 6.42 Å². The van der Waals surface area contributed by atoms with Crippen LogP contribution in [0.5, 0.6) is 5.75 Å². The van der Waals surface area contributed by atoms with E-state index in [0.717, 1.165) is 87.5 Å². The molecule has 6 heteroatoms. The Bertz CT molecular complexity index is 985. The Morgan fingerprint density at radius 1 is 0.971 bits per heavy atom. The van der Waals surface area contributed by atoms with E-state index in [9.17, 15) is 9.90 Å². The lowest BCUT2D eigenvalue weighted by atomic mass is 9.98. The zero-order chi connectivity index (χ0) is 23.5. The molecule has 1 amide bonds. The molecule has 1 N–H and O–H groups in total. The third kappa shape index (κ3) is 4.93. The fraction of sp³-hybridized carbons (Fsp3) is 0.536. The maximum absolute atomic E-state index is 13.2. The molecule has 0 bridgehead atoms. The van der Waals surface area contributed by atoms with Gasteiger partial charge in [0.1, 0.15) is 5.75 Å². The minimum absolute atomic E-state index is 0.0719. The van der Waals surface area contributed by atoms with Crippen LogP contribution in [0.25, 0.3) is 0 Å². The summed E-state index contributed by atoms with van der Waals surface area (Å²) in [7, 11) is 0. The van der Waals surface area contributed by atoms with Crippen molar-refractivity contribution in [3.8, 4) is 5.75 Å². The molecule has 0 spiro atoms. The summed E-state index contributed by atoms with van der Waals surface area (Å²) in [5.41, 5.74) is 4.05. The van der Waals surface area contributed by atoms with Gasteiger partial charge in [0.15, 0.2) is 0 Å². The van der Waals surface area contributed by atoms with Gasteiger partial charge in [-0.15, -0.1) is 0 Å². The summed E-state index contributed by atoms with van der Waals surface area (Å²) >= 11 is 0. The molecule has 2 saturated heterocycles. The van der Waals surface area contributed by atoms with Crippen LogP contribution in [0.1, 0.15) is 54.9 Å². The topological polar surface area (TPSA) is 56.3 Å². The Balaban J connectivity index is 1.21. The second-order valence-electron chi connectivity index (χ2n) is 9.90. The quantitative estimate of drug-likeness (QED) is 0.627. The summed E-state index contributed by atoms with van der Waals surface area (Å²) in [6.45, 7) is 7.67. The fourth-order valence-corrected chi connectivity index (χ4v) is 5.50. The van der Waals surface area contributed by atoms with E-state index >= 15 is 0 Å². The van der Waals surface area contributed by atoms with Crippen molar-refractivity contribution in [2.45, 2.75) is 57.6 Å². The molecule has 0 aromatic heterocycles. The van der Waals surface area contributed by atoms with Gasteiger partial charge in [0, 0.05) is 55.7 Å². The Morgan fingerprint density at radius 3 is 2.50 bits per heavy atom. The maximum Gasteiger partial charge on any atom is 0.258 e. The molecule has 5 rings (SSSR count). The van der Waals surface area contributed by atoms with E-state index in [1.54, 1.807) is 0 Å². The summed E-state index contributed by atoms with van der Waals surface area (Å²) in [5.74, 6) is 0.935. The number of hydrogen-bond acceptors (Lipinski definition) is 5. The number of likely N-dealkylation sites (tertiary alicyclic amines) is 1. The standard InChI is InChI=1S/C28H37N3O3/c1-2-3-18-34-26-8-9-27-21(19-26)10-17-31(28(27)33)23-6-4-22(5-7-23)30-14-11-24(20-30)29-15-12-25(32)13-16-29/h4-9,19,24-25,32H,2-3,10-18,20H2,1H3. The van der Waals surface area contributed by atoms with Gasteiger partial charge >= 0.3 is 0 Å². The summed E-state index contributed by atoms with van der Waals surface area (Å²) in [6.07, 6.45) is 5.83. The predicted octanol–water partition coefficient (Wildman–Crippen LogP) is 4.10. The SMILES string of the molecule is CCCCOc1ccc2c(c1)CCN(c1ccc(N3CCC(N4CCC(O)CC4)C3)cc1)C2=O.